The Morgan fingerprint density at radius 2 is 1.61 bits per heavy atom. The molecule has 0 atom stereocenters. The molecule has 0 unspecified atom stereocenters. The summed E-state index contributed by atoms with van der Waals surface area (Å²) >= 11 is 0. The van der Waals surface area contributed by atoms with Crippen LogP contribution in [-0.2, 0) is 20.1 Å². The van der Waals surface area contributed by atoms with E-state index in [4.69, 9.17) is 4.98 Å². The minimum atomic E-state index is 0. The van der Waals surface area contributed by atoms with Crippen molar-refractivity contribution in [1.82, 2.24) is 24.3 Å². The first kappa shape index (κ1) is 21.2. The Kier molecular flexibility index (Phi) is 5.61. The Bertz CT molecular complexity index is 1360. The van der Waals surface area contributed by atoms with Gasteiger partial charge in [0.1, 0.15) is 6.33 Å². The first-order valence-electron chi connectivity index (χ1n) is 9.98. The number of aromatic nitrogens is 5. The average molecular weight is 585 g/mol. The first-order chi connectivity index (χ1) is 14.5. The summed E-state index contributed by atoms with van der Waals surface area (Å²) in [6.07, 6.45) is 1.60. The molecule has 0 spiro atoms. The van der Waals surface area contributed by atoms with Gasteiger partial charge >= 0.3 is 0 Å². The van der Waals surface area contributed by atoms with E-state index in [0.29, 0.717) is 0 Å². The molecule has 5 aromatic rings. The second-order valence-corrected chi connectivity index (χ2v) is 7.69. The van der Waals surface area contributed by atoms with Crippen molar-refractivity contribution >= 4 is 11.0 Å². The van der Waals surface area contributed by atoms with Crippen LogP contribution in [0.2, 0.25) is 0 Å². The fourth-order valence-corrected chi connectivity index (χ4v) is 4.27. The predicted molar refractivity (Wildman–Crippen MR) is 119 cm³/mol. The fourth-order valence-electron chi connectivity index (χ4n) is 4.27. The minimum Gasteiger partial charge on any atom is -0.315 e. The molecule has 0 saturated heterocycles. The van der Waals surface area contributed by atoms with Gasteiger partial charge in [0, 0.05) is 31.3 Å². The number of imidazole rings is 1. The Morgan fingerprint density at radius 3 is 2.32 bits per heavy atom. The average Bonchev–Trinajstić information content (AvgIpc) is 3.31. The van der Waals surface area contributed by atoms with Crippen LogP contribution < -0.4 is 0 Å². The minimum absolute atomic E-state index is 0. The molecule has 5 rings (SSSR count). The normalized spacial score (nSPS) is 11.0. The monoisotopic (exact) mass is 585 g/mol. The van der Waals surface area contributed by atoms with E-state index >= 15 is 0 Å². The summed E-state index contributed by atoms with van der Waals surface area (Å²) in [5, 5.41) is 4.54. The summed E-state index contributed by atoms with van der Waals surface area (Å²) in [4.78, 5) is 9.29. The molecule has 157 valence electrons. The van der Waals surface area contributed by atoms with Crippen LogP contribution in [0.3, 0.4) is 0 Å². The maximum atomic E-state index is 4.72. The van der Waals surface area contributed by atoms with Crippen LogP contribution in [-0.4, -0.2) is 24.3 Å². The van der Waals surface area contributed by atoms with Gasteiger partial charge < -0.3 is 4.57 Å². The van der Waals surface area contributed by atoms with Crippen LogP contribution in [0.1, 0.15) is 22.5 Å². The zero-order valence-electron chi connectivity index (χ0n) is 17.8. The van der Waals surface area contributed by atoms with E-state index in [-0.39, 0.29) is 20.1 Å². The summed E-state index contributed by atoms with van der Waals surface area (Å²) in [7, 11) is 0. The van der Waals surface area contributed by atoms with Gasteiger partial charge in [0.2, 0.25) is 0 Å². The summed E-state index contributed by atoms with van der Waals surface area (Å²) in [5.74, 6) is 1.71. The predicted octanol–water partition coefficient (Wildman–Crippen LogP) is 5.30. The van der Waals surface area contributed by atoms with Gasteiger partial charge in [0.25, 0.3) is 0 Å². The van der Waals surface area contributed by atoms with Crippen LogP contribution in [0.4, 0.5) is 0 Å². The topological polar surface area (TPSA) is 48.5 Å². The molecule has 0 N–H and O–H groups in total. The van der Waals surface area contributed by atoms with Gasteiger partial charge in [0.15, 0.2) is 0 Å². The second kappa shape index (κ2) is 8.22. The van der Waals surface area contributed by atoms with Crippen LogP contribution >= 0.6 is 0 Å². The van der Waals surface area contributed by atoms with E-state index in [1.165, 1.54) is 16.7 Å². The zero-order valence-corrected chi connectivity index (χ0v) is 20.2. The molecular formula is C25H22IrN5-. The molecule has 2 aromatic heterocycles. The van der Waals surface area contributed by atoms with Gasteiger partial charge in [-0.3, -0.25) is 14.6 Å². The summed E-state index contributed by atoms with van der Waals surface area (Å²) < 4.78 is 4.08. The van der Waals surface area contributed by atoms with E-state index in [1.807, 2.05) is 35.9 Å². The number of hydrogen-bond donors (Lipinski definition) is 0. The van der Waals surface area contributed by atoms with E-state index in [2.05, 4.69) is 71.8 Å². The van der Waals surface area contributed by atoms with Gasteiger partial charge in [0.05, 0.1) is 17.3 Å². The first-order valence-corrected chi connectivity index (χ1v) is 9.98. The maximum Gasteiger partial charge on any atom is 0.127 e. The molecule has 0 fully saturated rings. The Labute approximate surface area is 195 Å². The van der Waals surface area contributed by atoms with Crippen molar-refractivity contribution in [2.45, 2.75) is 27.7 Å². The second-order valence-electron chi connectivity index (χ2n) is 7.69. The maximum absolute atomic E-state index is 4.72. The van der Waals surface area contributed by atoms with E-state index in [9.17, 15) is 0 Å². The fraction of sp³-hybridized carbons (Fsp3) is 0.160. The van der Waals surface area contributed by atoms with Crippen molar-refractivity contribution in [2.24, 2.45) is 0 Å². The number of aryl methyl sites for hydroxylation is 4. The third-order valence-electron chi connectivity index (χ3n) is 5.40. The van der Waals surface area contributed by atoms with E-state index < -0.39 is 0 Å². The van der Waals surface area contributed by atoms with Crippen molar-refractivity contribution < 1.29 is 20.1 Å². The van der Waals surface area contributed by atoms with Gasteiger partial charge in [-0.2, -0.15) is 5.10 Å². The molecule has 3 aromatic carbocycles. The molecule has 0 saturated carbocycles. The van der Waals surface area contributed by atoms with Gasteiger partial charge in [-0.05, 0) is 56.5 Å². The summed E-state index contributed by atoms with van der Waals surface area (Å²) in [6, 6.07) is 22.0. The number of para-hydroxylation sites is 1. The smallest absolute Gasteiger partial charge is 0.127 e. The number of fused-ring (bicyclic) bond motifs is 1. The molecule has 5 nitrogen and oxygen atoms in total. The van der Waals surface area contributed by atoms with Crippen LogP contribution in [0.25, 0.3) is 33.8 Å². The zero-order chi connectivity index (χ0) is 20.8. The van der Waals surface area contributed by atoms with Crippen molar-refractivity contribution in [1.29, 1.82) is 0 Å². The molecule has 0 amide bonds. The van der Waals surface area contributed by atoms with Crippen LogP contribution in [0, 0.1) is 33.8 Å². The van der Waals surface area contributed by atoms with Crippen molar-refractivity contribution in [3.05, 3.63) is 89.5 Å². The third-order valence-corrected chi connectivity index (χ3v) is 5.40. The van der Waals surface area contributed by atoms with Gasteiger partial charge in [-0.25, -0.2) is 0 Å². The quantitative estimate of drug-likeness (QED) is 0.271. The number of hydrogen-bond acceptors (Lipinski definition) is 3. The van der Waals surface area contributed by atoms with Crippen molar-refractivity contribution in [3.63, 3.8) is 0 Å². The molecule has 0 bridgehead atoms. The third kappa shape index (κ3) is 3.62. The van der Waals surface area contributed by atoms with Gasteiger partial charge in [-0.15, -0.1) is 23.8 Å². The van der Waals surface area contributed by atoms with Crippen LogP contribution in [0.15, 0.2) is 60.9 Å². The summed E-state index contributed by atoms with van der Waals surface area (Å²) in [6.45, 7) is 8.36. The number of nitrogens with zero attached hydrogens (tertiary/aromatic N) is 5. The molecule has 6 heteroatoms. The molecule has 31 heavy (non-hydrogen) atoms. The SMILES string of the molecule is Cc1cc(C)c(-n2ncnc2-c2[c-]cc3nc(C)n(-c4ccccc4)c3c2)c(C)c1.[Ir]. The Hall–Kier alpha value is -3.08. The van der Waals surface area contributed by atoms with Crippen LogP contribution in [0.5, 0.6) is 0 Å². The molecule has 0 aliphatic heterocycles. The number of benzene rings is 3. The van der Waals surface area contributed by atoms with Crippen molar-refractivity contribution in [2.75, 3.05) is 0 Å². The molecule has 2 heterocycles. The van der Waals surface area contributed by atoms with E-state index in [0.717, 1.165) is 39.6 Å². The molecular weight excluding hydrogens is 563 g/mol. The standard InChI is InChI=1S/C25H22N5.Ir/c1-16-12-17(2)24(18(3)13-16)30-25(26-15-27-30)20-10-11-22-23(14-20)29(19(4)28-22)21-8-6-5-7-9-21;/h5-9,11-15H,1-4H3;/q-1;. The Balaban J connectivity index is 0.00000231. The van der Waals surface area contributed by atoms with E-state index in [1.54, 1.807) is 6.33 Å². The molecule has 1 radical (unpaired) electrons. The summed E-state index contributed by atoms with van der Waals surface area (Å²) in [5.41, 5.74) is 8.56. The van der Waals surface area contributed by atoms with Gasteiger partial charge in [-0.1, -0.05) is 35.9 Å². The molecule has 0 aliphatic rings. The molecule has 0 aliphatic carbocycles. The number of rotatable bonds is 3. The largest absolute Gasteiger partial charge is 0.315 e. The van der Waals surface area contributed by atoms with Crippen molar-refractivity contribution in [3.8, 4) is 22.8 Å². The Morgan fingerprint density at radius 1 is 0.903 bits per heavy atom.